The van der Waals surface area contributed by atoms with Gasteiger partial charge in [-0.05, 0) is 42.5 Å². The summed E-state index contributed by atoms with van der Waals surface area (Å²) in [4.78, 5) is 33.6. The van der Waals surface area contributed by atoms with E-state index in [0.717, 1.165) is 34.8 Å². The van der Waals surface area contributed by atoms with Crippen LogP contribution in [0.4, 0.5) is 18.9 Å². The first-order chi connectivity index (χ1) is 16.4. The number of amides is 1. The fraction of sp³-hybridized carbons (Fsp3) is 0.0417. The zero-order chi connectivity index (χ0) is 23.8. The number of nitrogens with zero attached hydrogens (tertiary/aromatic N) is 2. The molecule has 0 spiro atoms. The molecule has 34 heavy (non-hydrogen) atoms. The summed E-state index contributed by atoms with van der Waals surface area (Å²) in [6.07, 6.45) is 0. The second kappa shape index (κ2) is 8.71. The zero-order valence-corrected chi connectivity index (χ0v) is 18.1. The van der Waals surface area contributed by atoms with Gasteiger partial charge < -0.3 is 10.3 Å². The molecule has 2 N–H and O–H groups in total. The number of para-hydroxylation sites is 1. The van der Waals surface area contributed by atoms with Crippen molar-refractivity contribution in [3.8, 4) is 5.69 Å². The van der Waals surface area contributed by atoms with Gasteiger partial charge in [-0.2, -0.15) is 0 Å². The van der Waals surface area contributed by atoms with Gasteiger partial charge in [0.25, 0.3) is 5.56 Å². The standard InChI is InChI=1S/C24H15F3N4O2S/c25-13-5-8-15(9-6-13)31-23(33)22-21(16-3-1-2-4-18(16)29-22)30-24(31)34-12-20(32)28-19-10-7-14(26)11-17(19)27/h1-11,29H,12H2,(H,28,32). The Kier molecular flexibility index (Phi) is 5.58. The average Bonchev–Trinajstić information content (AvgIpc) is 3.20. The van der Waals surface area contributed by atoms with Gasteiger partial charge >= 0.3 is 0 Å². The van der Waals surface area contributed by atoms with Gasteiger partial charge in [0.05, 0.1) is 17.1 Å². The topological polar surface area (TPSA) is 79.8 Å². The van der Waals surface area contributed by atoms with Crippen LogP contribution in [-0.2, 0) is 4.79 Å². The molecule has 0 saturated carbocycles. The summed E-state index contributed by atoms with van der Waals surface area (Å²) in [5.41, 5.74) is 1.22. The molecule has 2 aromatic heterocycles. The highest BCUT2D eigenvalue weighted by Crippen LogP contribution is 2.26. The number of H-pyrrole nitrogens is 1. The fourth-order valence-electron chi connectivity index (χ4n) is 3.56. The predicted octanol–water partition coefficient (Wildman–Crippen LogP) is 5.02. The maximum absolute atomic E-state index is 13.9. The van der Waals surface area contributed by atoms with Crippen LogP contribution in [0.3, 0.4) is 0 Å². The highest BCUT2D eigenvalue weighted by atomic mass is 32.2. The molecule has 0 aliphatic rings. The molecule has 3 aromatic carbocycles. The van der Waals surface area contributed by atoms with Gasteiger partial charge in [-0.1, -0.05) is 30.0 Å². The smallest absolute Gasteiger partial charge is 0.283 e. The number of carbonyl (C=O) groups is 1. The third kappa shape index (κ3) is 4.03. The zero-order valence-electron chi connectivity index (χ0n) is 17.3. The number of anilines is 1. The number of thioether (sulfide) groups is 1. The molecule has 0 aliphatic carbocycles. The van der Waals surface area contributed by atoms with Crippen LogP contribution in [0.15, 0.2) is 76.7 Å². The van der Waals surface area contributed by atoms with Gasteiger partial charge in [0.15, 0.2) is 5.16 Å². The minimum atomic E-state index is -0.903. The van der Waals surface area contributed by atoms with Gasteiger partial charge in [-0.3, -0.25) is 14.2 Å². The first-order valence-electron chi connectivity index (χ1n) is 10.1. The molecular weight excluding hydrogens is 465 g/mol. The number of carbonyl (C=O) groups excluding carboxylic acids is 1. The number of rotatable bonds is 5. The number of aromatic nitrogens is 3. The monoisotopic (exact) mass is 480 g/mol. The van der Waals surface area contributed by atoms with E-state index in [9.17, 15) is 22.8 Å². The summed E-state index contributed by atoms with van der Waals surface area (Å²) >= 11 is 0.959. The number of hydrogen-bond acceptors (Lipinski definition) is 4. The van der Waals surface area contributed by atoms with Gasteiger partial charge in [0.2, 0.25) is 5.91 Å². The first-order valence-corrected chi connectivity index (χ1v) is 11.1. The molecule has 1 amide bonds. The molecule has 0 bridgehead atoms. The van der Waals surface area contributed by atoms with Crippen LogP contribution in [0.5, 0.6) is 0 Å². The van der Waals surface area contributed by atoms with E-state index < -0.39 is 28.9 Å². The van der Waals surface area contributed by atoms with E-state index >= 15 is 0 Å². The molecule has 2 heterocycles. The minimum Gasteiger partial charge on any atom is -0.349 e. The van der Waals surface area contributed by atoms with E-state index in [2.05, 4.69) is 15.3 Å². The molecule has 0 radical (unpaired) electrons. The number of fused-ring (bicyclic) bond motifs is 3. The lowest BCUT2D eigenvalue weighted by molar-refractivity contribution is -0.113. The fourth-order valence-corrected chi connectivity index (χ4v) is 4.37. The molecule has 5 aromatic rings. The quantitative estimate of drug-likeness (QED) is 0.274. The van der Waals surface area contributed by atoms with E-state index in [4.69, 9.17) is 0 Å². The van der Waals surface area contributed by atoms with Crippen LogP contribution in [0.1, 0.15) is 0 Å². The van der Waals surface area contributed by atoms with Crippen molar-refractivity contribution in [1.29, 1.82) is 0 Å². The molecule has 0 aliphatic heterocycles. The Bertz CT molecular complexity index is 1610. The van der Waals surface area contributed by atoms with Crippen molar-refractivity contribution < 1.29 is 18.0 Å². The highest BCUT2D eigenvalue weighted by Gasteiger charge is 2.18. The molecular formula is C24H15F3N4O2S. The second-order valence-corrected chi connectivity index (χ2v) is 8.31. The summed E-state index contributed by atoms with van der Waals surface area (Å²) in [6, 6.07) is 15.4. The van der Waals surface area contributed by atoms with Crippen molar-refractivity contribution in [3.05, 3.63) is 94.5 Å². The number of hydrogen-bond donors (Lipinski definition) is 2. The van der Waals surface area contributed by atoms with Gasteiger partial charge in [0.1, 0.15) is 28.5 Å². The average molecular weight is 480 g/mol. The summed E-state index contributed by atoms with van der Waals surface area (Å²) in [5, 5.41) is 3.31. The van der Waals surface area contributed by atoms with E-state index in [1.807, 2.05) is 24.3 Å². The Balaban J connectivity index is 1.54. The molecule has 0 unspecified atom stereocenters. The SMILES string of the molecule is O=C(CSc1nc2c([nH]c3ccccc32)c(=O)n1-c1ccc(F)cc1)Nc1ccc(F)cc1F. The lowest BCUT2D eigenvalue weighted by atomic mass is 10.2. The third-order valence-corrected chi connectivity index (χ3v) is 6.06. The van der Waals surface area contributed by atoms with Crippen LogP contribution in [0, 0.1) is 17.5 Å². The van der Waals surface area contributed by atoms with Crippen LogP contribution in [-0.4, -0.2) is 26.2 Å². The second-order valence-electron chi connectivity index (χ2n) is 7.37. The summed E-state index contributed by atoms with van der Waals surface area (Å²) in [6.45, 7) is 0. The van der Waals surface area contributed by atoms with E-state index in [0.29, 0.717) is 17.3 Å². The van der Waals surface area contributed by atoms with Gasteiger partial charge in [0, 0.05) is 17.0 Å². The van der Waals surface area contributed by atoms with Crippen molar-refractivity contribution >= 4 is 45.3 Å². The molecule has 10 heteroatoms. The Labute approximate surface area is 194 Å². The molecule has 0 saturated heterocycles. The Morgan fingerprint density at radius 3 is 2.50 bits per heavy atom. The van der Waals surface area contributed by atoms with Crippen molar-refractivity contribution in [2.75, 3.05) is 11.1 Å². The molecule has 6 nitrogen and oxygen atoms in total. The minimum absolute atomic E-state index is 0.164. The molecule has 0 fully saturated rings. The Morgan fingerprint density at radius 2 is 1.74 bits per heavy atom. The van der Waals surface area contributed by atoms with Gasteiger partial charge in [-0.15, -0.1) is 0 Å². The lowest BCUT2D eigenvalue weighted by Crippen LogP contribution is -2.23. The largest absolute Gasteiger partial charge is 0.349 e. The van der Waals surface area contributed by atoms with Crippen molar-refractivity contribution in [2.24, 2.45) is 0 Å². The van der Waals surface area contributed by atoms with Crippen molar-refractivity contribution in [3.63, 3.8) is 0 Å². The number of aromatic amines is 1. The summed E-state index contributed by atoms with van der Waals surface area (Å²) < 4.78 is 41.8. The van der Waals surface area contributed by atoms with E-state index in [1.165, 1.54) is 28.8 Å². The summed E-state index contributed by atoms with van der Waals surface area (Å²) in [7, 11) is 0. The molecule has 5 rings (SSSR count). The third-order valence-electron chi connectivity index (χ3n) is 5.12. The van der Waals surface area contributed by atoms with Crippen LogP contribution in [0.2, 0.25) is 0 Å². The normalized spacial score (nSPS) is 11.3. The van der Waals surface area contributed by atoms with E-state index in [1.54, 1.807) is 0 Å². The number of benzene rings is 3. The van der Waals surface area contributed by atoms with Crippen LogP contribution < -0.4 is 10.9 Å². The van der Waals surface area contributed by atoms with Crippen LogP contribution in [0.25, 0.3) is 27.6 Å². The predicted molar refractivity (Wildman–Crippen MR) is 125 cm³/mol. The Morgan fingerprint density at radius 1 is 1.00 bits per heavy atom. The highest BCUT2D eigenvalue weighted by molar-refractivity contribution is 7.99. The lowest BCUT2D eigenvalue weighted by Gasteiger charge is -2.12. The first kappa shape index (κ1) is 21.8. The molecule has 170 valence electrons. The van der Waals surface area contributed by atoms with Crippen molar-refractivity contribution in [2.45, 2.75) is 5.16 Å². The maximum atomic E-state index is 13.9. The van der Waals surface area contributed by atoms with Crippen molar-refractivity contribution in [1.82, 2.24) is 14.5 Å². The maximum Gasteiger partial charge on any atom is 0.283 e. The van der Waals surface area contributed by atoms with E-state index in [-0.39, 0.29) is 22.1 Å². The number of halogens is 3. The number of nitrogens with one attached hydrogen (secondary N) is 2. The summed E-state index contributed by atoms with van der Waals surface area (Å²) in [5.74, 6) is -2.91. The molecule has 0 atom stereocenters. The van der Waals surface area contributed by atoms with Gasteiger partial charge in [-0.25, -0.2) is 18.2 Å². The van der Waals surface area contributed by atoms with Crippen LogP contribution >= 0.6 is 11.8 Å². The Hall–Kier alpha value is -4.05.